The van der Waals surface area contributed by atoms with Gasteiger partial charge in [0.05, 0.1) is 11.1 Å². The van der Waals surface area contributed by atoms with Gasteiger partial charge in [0.2, 0.25) is 11.8 Å². The molecule has 0 saturated heterocycles. The van der Waals surface area contributed by atoms with Gasteiger partial charge in [0.15, 0.2) is 5.82 Å². The number of sulfonamides is 1. The lowest BCUT2D eigenvalue weighted by atomic mass is 9.96. The van der Waals surface area contributed by atoms with Gasteiger partial charge < -0.3 is 13.8 Å². The summed E-state index contributed by atoms with van der Waals surface area (Å²) in [7, 11) is -2.26. The van der Waals surface area contributed by atoms with E-state index in [-0.39, 0.29) is 23.2 Å². The van der Waals surface area contributed by atoms with Crippen LogP contribution in [0.3, 0.4) is 0 Å². The van der Waals surface area contributed by atoms with E-state index in [9.17, 15) is 13.2 Å². The van der Waals surface area contributed by atoms with Crippen LogP contribution in [0.2, 0.25) is 0 Å². The number of oxazole rings is 1. The summed E-state index contributed by atoms with van der Waals surface area (Å²) in [5.41, 5.74) is 3.29. The van der Waals surface area contributed by atoms with Crippen LogP contribution in [0.15, 0.2) is 68.8 Å². The Kier molecular flexibility index (Phi) is 8.31. The van der Waals surface area contributed by atoms with Crippen molar-refractivity contribution in [2.75, 3.05) is 11.8 Å². The van der Waals surface area contributed by atoms with Crippen LogP contribution in [0.4, 0.5) is 5.82 Å². The molecule has 0 saturated carbocycles. The van der Waals surface area contributed by atoms with Crippen molar-refractivity contribution >= 4 is 21.7 Å². The fraction of sp³-hybridized carbons (Fsp3) is 0.321. The number of hydrogen-bond donors (Lipinski definition) is 1. The molecular formula is C28H32N4O5S. The highest BCUT2D eigenvalue weighted by Crippen LogP contribution is 2.34. The van der Waals surface area contributed by atoms with Gasteiger partial charge in [0, 0.05) is 36.7 Å². The number of anilines is 1. The normalized spacial score (nSPS) is 11.5. The van der Waals surface area contributed by atoms with Crippen LogP contribution in [0.1, 0.15) is 49.5 Å². The largest absolute Gasteiger partial charge is 0.445 e. The average molecular weight is 537 g/mol. The third-order valence-corrected chi connectivity index (χ3v) is 7.86. The summed E-state index contributed by atoms with van der Waals surface area (Å²) < 4.78 is 40.2. The highest BCUT2D eigenvalue weighted by molar-refractivity contribution is 7.92. The van der Waals surface area contributed by atoms with Gasteiger partial charge in [-0.2, -0.15) is 0 Å². The number of benzene rings is 2. The third-order valence-electron chi connectivity index (χ3n) is 6.47. The van der Waals surface area contributed by atoms with E-state index in [2.05, 4.69) is 21.8 Å². The van der Waals surface area contributed by atoms with Crippen LogP contribution in [-0.2, 0) is 21.4 Å². The van der Waals surface area contributed by atoms with Crippen LogP contribution in [0.5, 0.6) is 0 Å². The molecule has 2 heterocycles. The molecule has 0 unspecified atom stereocenters. The second kappa shape index (κ2) is 11.6. The summed E-state index contributed by atoms with van der Waals surface area (Å²) >= 11 is 0. The first-order chi connectivity index (χ1) is 18.2. The Hall–Kier alpha value is -3.92. The quantitative estimate of drug-likeness (QED) is 0.235. The molecule has 1 amide bonds. The highest BCUT2D eigenvalue weighted by atomic mass is 32.2. The number of aromatic nitrogens is 2. The second-order valence-corrected chi connectivity index (χ2v) is 10.9. The molecule has 0 spiro atoms. The van der Waals surface area contributed by atoms with Crippen molar-refractivity contribution in [2.45, 2.75) is 57.9 Å². The third kappa shape index (κ3) is 5.96. The smallest absolute Gasteiger partial charge is 0.263 e. The van der Waals surface area contributed by atoms with E-state index < -0.39 is 10.0 Å². The molecule has 0 aliphatic heterocycles. The van der Waals surface area contributed by atoms with E-state index in [0.29, 0.717) is 34.8 Å². The van der Waals surface area contributed by atoms with E-state index in [1.807, 2.05) is 18.2 Å². The molecule has 0 aliphatic carbocycles. The minimum Gasteiger partial charge on any atom is -0.445 e. The number of carbonyl (C=O) groups excluding carboxylic acids is 1. The van der Waals surface area contributed by atoms with Crippen molar-refractivity contribution in [3.05, 3.63) is 71.8 Å². The van der Waals surface area contributed by atoms with Crippen molar-refractivity contribution in [1.29, 1.82) is 0 Å². The Bertz CT molecular complexity index is 1510. The zero-order chi connectivity index (χ0) is 27.3. The van der Waals surface area contributed by atoms with Gasteiger partial charge in [-0.25, -0.2) is 13.4 Å². The van der Waals surface area contributed by atoms with E-state index in [4.69, 9.17) is 8.94 Å². The fourth-order valence-corrected chi connectivity index (χ4v) is 5.45. The summed E-state index contributed by atoms with van der Waals surface area (Å²) in [6, 6.07) is 12.3. The van der Waals surface area contributed by atoms with Crippen LogP contribution in [-0.4, -0.2) is 36.4 Å². The molecule has 2 aromatic carbocycles. The SMILES string of the molecule is CCCCCC(=O)N(C)Cc1cc(-c2ncco2)ccc1-c1ccccc1S(=O)(=O)Nc1noc(C)c1C. The van der Waals surface area contributed by atoms with Gasteiger partial charge in [0.25, 0.3) is 10.0 Å². The number of rotatable bonds is 11. The van der Waals surface area contributed by atoms with Crippen molar-refractivity contribution in [3.8, 4) is 22.6 Å². The minimum absolute atomic E-state index is 0.0328. The number of aryl methyl sites for hydroxylation is 1. The predicted octanol–water partition coefficient (Wildman–Crippen LogP) is 5.95. The Morgan fingerprint density at radius 3 is 2.55 bits per heavy atom. The van der Waals surface area contributed by atoms with Crippen molar-refractivity contribution < 1.29 is 22.2 Å². The standard InChI is InChI=1S/C28H32N4O5S/c1-5-6-7-12-26(33)32(4)18-22-17-21(28-29-15-16-36-28)13-14-23(22)24-10-8-9-11-25(24)38(34,35)31-27-19(2)20(3)37-30-27/h8-11,13-17H,5-7,12,18H2,1-4H3,(H,30,31). The first-order valence-corrected chi connectivity index (χ1v) is 14.0. The summed E-state index contributed by atoms with van der Waals surface area (Å²) in [5.74, 6) is 1.15. The molecule has 38 heavy (non-hydrogen) atoms. The van der Waals surface area contributed by atoms with Crippen molar-refractivity contribution in [1.82, 2.24) is 15.0 Å². The van der Waals surface area contributed by atoms with Gasteiger partial charge >= 0.3 is 0 Å². The monoisotopic (exact) mass is 536 g/mol. The van der Waals surface area contributed by atoms with Crippen molar-refractivity contribution in [2.24, 2.45) is 0 Å². The zero-order valence-corrected chi connectivity index (χ0v) is 22.8. The molecule has 0 fully saturated rings. The van der Waals surface area contributed by atoms with Crippen LogP contribution >= 0.6 is 0 Å². The lowest BCUT2D eigenvalue weighted by Gasteiger charge is -2.21. The lowest BCUT2D eigenvalue weighted by molar-refractivity contribution is -0.130. The van der Waals surface area contributed by atoms with Crippen LogP contribution in [0, 0.1) is 13.8 Å². The van der Waals surface area contributed by atoms with E-state index in [1.54, 1.807) is 56.3 Å². The van der Waals surface area contributed by atoms with Gasteiger partial charge in [-0.15, -0.1) is 0 Å². The first kappa shape index (κ1) is 27.1. The maximum atomic E-state index is 13.5. The molecule has 0 atom stereocenters. The predicted molar refractivity (Wildman–Crippen MR) is 145 cm³/mol. The zero-order valence-electron chi connectivity index (χ0n) is 22.0. The summed E-state index contributed by atoms with van der Waals surface area (Å²) in [5, 5.41) is 3.85. The van der Waals surface area contributed by atoms with Gasteiger partial charge in [0.1, 0.15) is 12.0 Å². The first-order valence-electron chi connectivity index (χ1n) is 12.5. The Morgan fingerprint density at radius 1 is 1.08 bits per heavy atom. The Labute approximate surface area is 222 Å². The molecular weight excluding hydrogens is 504 g/mol. The molecule has 10 heteroatoms. The Morgan fingerprint density at radius 2 is 1.87 bits per heavy atom. The molecule has 0 aliphatic rings. The van der Waals surface area contributed by atoms with Crippen LogP contribution < -0.4 is 4.72 Å². The summed E-state index contributed by atoms with van der Waals surface area (Å²) in [4.78, 5) is 18.8. The maximum Gasteiger partial charge on any atom is 0.263 e. The van der Waals surface area contributed by atoms with Gasteiger partial charge in [-0.3, -0.25) is 9.52 Å². The number of hydrogen-bond acceptors (Lipinski definition) is 7. The van der Waals surface area contributed by atoms with E-state index in [1.165, 1.54) is 6.26 Å². The molecule has 1 N–H and O–H groups in total. The molecule has 200 valence electrons. The fourth-order valence-electron chi connectivity index (χ4n) is 4.17. The average Bonchev–Trinajstić information content (AvgIpc) is 3.55. The maximum absolute atomic E-state index is 13.5. The van der Waals surface area contributed by atoms with Gasteiger partial charge in [-0.1, -0.05) is 49.2 Å². The van der Waals surface area contributed by atoms with Crippen molar-refractivity contribution in [3.63, 3.8) is 0 Å². The summed E-state index contributed by atoms with van der Waals surface area (Å²) in [6.45, 7) is 5.84. The topological polar surface area (TPSA) is 119 Å². The molecule has 0 radical (unpaired) electrons. The lowest BCUT2D eigenvalue weighted by Crippen LogP contribution is -2.26. The Balaban J connectivity index is 1.75. The minimum atomic E-state index is -4.02. The highest BCUT2D eigenvalue weighted by Gasteiger charge is 2.24. The number of nitrogens with one attached hydrogen (secondary N) is 1. The number of unbranched alkanes of at least 4 members (excludes halogenated alkanes) is 2. The van der Waals surface area contributed by atoms with E-state index in [0.717, 1.165) is 30.4 Å². The van der Waals surface area contributed by atoms with Gasteiger partial charge in [-0.05, 0) is 49.6 Å². The number of amides is 1. The molecule has 2 aromatic heterocycles. The van der Waals surface area contributed by atoms with Crippen LogP contribution in [0.25, 0.3) is 22.6 Å². The molecule has 0 bridgehead atoms. The molecule has 4 aromatic rings. The molecule has 9 nitrogen and oxygen atoms in total. The number of nitrogens with zero attached hydrogens (tertiary/aromatic N) is 3. The molecule has 4 rings (SSSR count). The summed E-state index contributed by atoms with van der Waals surface area (Å²) in [6.07, 6.45) is 6.38. The second-order valence-electron chi connectivity index (χ2n) is 9.23. The van der Waals surface area contributed by atoms with E-state index >= 15 is 0 Å². The number of carbonyl (C=O) groups is 1.